The second-order valence-electron chi connectivity index (χ2n) is 8.94. The van der Waals surface area contributed by atoms with E-state index in [9.17, 15) is 27.2 Å². The van der Waals surface area contributed by atoms with E-state index in [1.165, 1.54) is 6.92 Å². The number of aromatic nitrogens is 2. The maximum absolute atomic E-state index is 15.4. The van der Waals surface area contributed by atoms with Gasteiger partial charge >= 0.3 is 6.18 Å². The third-order valence-corrected chi connectivity index (χ3v) is 6.56. The summed E-state index contributed by atoms with van der Waals surface area (Å²) in [4.78, 5) is 30.0. The van der Waals surface area contributed by atoms with Crippen LogP contribution in [0.15, 0.2) is 41.2 Å². The Balaban J connectivity index is 1.45. The van der Waals surface area contributed by atoms with Gasteiger partial charge < -0.3 is 15.0 Å². The van der Waals surface area contributed by atoms with Crippen LogP contribution in [0.4, 0.5) is 22.0 Å². The van der Waals surface area contributed by atoms with E-state index in [4.69, 9.17) is 16.3 Å². The van der Waals surface area contributed by atoms with Crippen LogP contribution in [0.3, 0.4) is 0 Å². The molecular formula is C26H23ClF5N3O3. The van der Waals surface area contributed by atoms with Gasteiger partial charge in [0.15, 0.2) is 0 Å². The molecule has 38 heavy (non-hydrogen) atoms. The van der Waals surface area contributed by atoms with E-state index in [0.29, 0.717) is 30.5 Å². The van der Waals surface area contributed by atoms with Crippen molar-refractivity contribution in [2.24, 2.45) is 5.92 Å². The van der Waals surface area contributed by atoms with Crippen molar-refractivity contribution < 1.29 is 31.5 Å². The van der Waals surface area contributed by atoms with Gasteiger partial charge in [0.05, 0.1) is 29.5 Å². The summed E-state index contributed by atoms with van der Waals surface area (Å²) in [5.74, 6) is -4.10. The van der Waals surface area contributed by atoms with Crippen LogP contribution in [0.25, 0.3) is 11.4 Å². The fourth-order valence-corrected chi connectivity index (χ4v) is 4.38. The summed E-state index contributed by atoms with van der Waals surface area (Å²) in [5.41, 5.74) is -3.47. The van der Waals surface area contributed by atoms with Crippen molar-refractivity contribution in [3.63, 3.8) is 0 Å². The van der Waals surface area contributed by atoms with Gasteiger partial charge in [-0.2, -0.15) is 17.6 Å². The van der Waals surface area contributed by atoms with Crippen LogP contribution in [0, 0.1) is 17.6 Å². The van der Waals surface area contributed by atoms with E-state index in [1.807, 2.05) is 11.1 Å². The standard InChI is InChI=1S/C26H23ClF5N3O3/c1-2-19-22(29)25(37)35-23(34-19)20-18(26(30,31)32)7-6-14(21(20)28)11-33-24(36)15-9-17(10-15)38-12-13-4-3-5-16(27)8-13/h3-8,15,17H,2,9-12H2,1H3,(H,33,36)(H,34,35,37). The van der Waals surface area contributed by atoms with Crippen molar-refractivity contribution in [3.05, 3.63) is 85.8 Å². The van der Waals surface area contributed by atoms with Gasteiger partial charge in [0.2, 0.25) is 11.7 Å². The molecule has 0 unspecified atom stereocenters. The van der Waals surface area contributed by atoms with E-state index < -0.39 is 64.4 Å². The lowest BCUT2D eigenvalue weighted by Gasteiger charge is -2.34. The van der Waals surface area contributed by atoms with E-state index in [1.54, 1.807) is 18.2 Å². The van der Waals surface area contributed by atoms with Gasteiger partial charge in [-0.3, -0.25) is 9.59 Å². The van der Waals surface area contributed by atoms with Crippen molar-refractivity contribution in [2.75, 3.05) is 0 Å². The SMILES string of the molecule is CCc1nc(-c2c(C(F)(F)F)ccc(CNC(=O)C3CC(OCc4cccc(Cl)c4)C3)c2F)[nH]c(=O)c1F. The molecule has 1 amide bonds. The number of amides is 1. The fraction of sp³-hybridized carbons (Fsp3) is 0.346. The Morgan fingerprint density at radius 1 is 1.18 bits per heavy atom. The molecule has 4 rings (SSSR count). The third kappa shape index (κ3) is 6.05. The van der Waals surface area contributed by atoms with Gasteiger partial charge in [-0.15, -0.1) is 0 Å². The van der Waals surface area contributed by atoms with Gasteiger partial charge in [-0.25, -0.2) is 9.37 Å². The van der Waals surface area contributed by atoms with E-state index in [2.05, 4.69) is 10.3 Å². The Kier molecular flexibility index (Phi) is 8.17. The summed E-state index contributed by atoms with van der Waals surface area (Å²) in [7, 11) is 0. The number of carbonyl (C=O) groups is 1. The van der Waals surface area contributed by atoms with Crippen LogP contribution in [0.5, 0.6) is 0 Å². The Morgan fingerprint density at radius 2 is 1.92 bits per heavy atom. The van der Waals surface area contributed by atoms with Gasteiger partial charge in [0.25, 0.3) is 5.56 Å². The number of alkyl halides is 3. The molecule has 1 fully saturated rings. The maximum atomic E-state index is 15.4. The molecule has 0 radical (unpaired) electrons. The number of aryl methyl sites for hydroxylation is 1. The topological polar surface area (TPSA) is 84.1 Å². The van der Waals surface area contributed by atoms with E-state index >= 15 is 4.39 Å². The van der Waals surface area contributed by atoms with Gasteiger partial charge in [-0.1, -0.05) is 36.7 Å². The van der Waals surface area contributed by atoms with E-state index in [-0.39, 0.29) is 18.1 Å². The molecule has 1 aromatic heterocycles. The molecule has 1 aliphatic rings. The van der Waals surface area contributed by atoms with Gasteiger partial charge in [0.1, 0.15) is 11.6 Å². The Morgan fingerprint density at radius 3 is 2.58 bits per heavy atom. The number of rotatable bonds is 8. The minimum atomic E-state index is -4.98. The first kappa shape index (κ1) is 27.7. The van der Waals surface area contributed by atoms with Crippen molar-refractivity contribution in [3.8, 4) is 11.4 Å². The number of nitrogens with one attached hydrogen (secondary N) is 2. The fourth-order valence-electron chi connectivity index (χ4n) is 4.16. The molecule has 0 bridgehead atoms. The molecule has 6 nitrogen and oxygen atoms in total. The second kappa shape index (κ2) is 11.2. The second-order valence-corrected chi connectivity index (χ2v) is 9.37. The third-order valence-electron chi connectivity index (χ3n) is 6.32. The summed E-state index contributed by atoms with van der Waals surface area (Å²) < 4.78 is 76.1. The number of hydrogen-bond donors (Lipinski definition) is 2. The highest BCUT2D eigenvalue weighted by Crippen LogP contribution is 2.38. The molecule has 0 aliphatic heterocycles. The van der Waals surface area contributed by atoms with Crippen molar-refractivity contribution in [1.29, 1.82) is 0 Å². The quantitative estimate of drug-likeness (QED) is 0.356. The smallest absolute Gasteiger partial charge is 0.373 e. The predicted octanol–water partition coefficient (Wildman–Crippen LogP) is 5.56. The number of ether oxygens (including phenoxy) is 1. The van der Waals surface area contributed by atoms with Crippen LogP contribution in [0.1, 0.15) is 42.1 Å². The van der Waals surface area contributed by atoms with Crippen LogP contribution < -0.4 is 10.9 Å². The molecule has 1 aliphatic carbocycles. The zero-order chi connectivity index (χ0) is 27.6. The Bertz CT molecular complexity index is 1400. The molecule has 0 saturated heterocycles. The highest BCUT2D eigenvalue weighted by atomic mass is 35.5. The number of hydrogen-bond acceptors (Lipinski definition) is 4. The molecule has 3 aromatic rings. The summed E-state index contributed by atoms with van der Waals surface area (Å²) in [5, 5.41) is 3.12. The Labute approximate surface area is 219 Å². The lowest BCUT2D eigenvalue weighted by molar-refractivity contribution is -0.137. The normalized spacial score (nSPS) is 17.2. The molecule has 0 spiro atoms. The van der Waals surface area contributed by atoms with Gasteiger partial charge in [0, 0.05) is 23.0 Å². The average molecular weight is 556 g/mol. The van der Waals surface area contributed by atoms with Gasteiger partial charge in [-0.05, 0) is 43.0 Å². The Hall–Kier alpha value is -3.31. The highest BCUT2D eigenvalue weighted by molar-refractivity contribution is 6.30. The zero-order valence-corrected chi connectivity index (χ0v) is 20.9. The minimum Gasteiger partial charge on any atom is -0.373 e. The van der Waals surface area contributed by atoms with Crippen molar-refractivity contribution >= 4 is 17.5 Å². The lowest BCUT2D eigenvalue weighted by atomic mass is 9.81. The molecule has 2 aromatic carbocycles. The molecule has 202 valence electrons. The number of nitrogens with zero attached hydrogens (tertiary/aromatic N) is 1. The number of aromatic amines is 1. The molecule has 2 N–H and O–H groups in total. The monoisotopic (exact) mass is 555 g/mol. The molecule has 1 heterocycles. The van der Waals surface area contributed by atoms with Crippen LogP contribution in [-0.2, 0) is 35.3 Å². The largest absolute Gasteiger partial charge is 0.417 e. The predicted molar refractivity (Wildman–Crippen MR) is 129 cm³/mol. The van der Waals surface area contributed by atoms with Crippen molar-refractivity contribution in [2.45, 2.75) is 51.6 Å². The summed E-state index contributed by atoms with van der Waals surface area (Å²) in [6.07, 6.45) is -4.34. The maximum Gasteiger partial charge on any atom is 0.417 e. The first-order valence-corrected chi connectivity index (χ1v) is 12.2. The molecule has 0 atom stereocenters. The number of carbonyl (C=O) groups excluding carboxylic acids is 1. The zero-order valence-electron chi connectivity index (χ0n) is 20.1. The molecule has 1 saturated carbocycles. The number of H-pyrrole nitrogens is 1. The molecular weight excluding hydrogens is 533 g/mol. The average Bonchev–Trinajstić information content (AvgIpc) is 2.83. The number of benzene rings is 2. The lowest BCUT2D eigenvalue weighted by Crippen LogP contribution is -2.42. The highest BCUT2D eigenvalue weighted by Gasteiger charge is 2.38. The van der Waals surface area contributed by atoms with Crippen LogP contribution in [-0.4, -0.2) is 22.0 Å². The summed E-state index contributed by atoms with van der Waals surface area (Å²) in [6.45, 7) is 1.39. The number of halogens is 6. The van der Waals surface area contributed by atoms with E-state index in [0.717, 1.165) is 11.6 Å². The summed E-state index contributed by atoms with van der Waals surface area (Å²) >= 11 is 5.95. The van der Waals surface area contributed by atoms with Crippen LogP contribution >= 0.6 is 11.6 Å². The summed E-state index contributed by atoms with van der Waals surface area (Å²) in [6, 6.07) is 8.73. The van der Waals surface area contributed by atoms with Crippen molar-refractivity contribution in [1.82, 2.24) is 15.3 Å². The first-order valence-electron chi connectivity index (χ1n) is 11.8. The first-order chi connectivity index (χ1) is 18.0. The van der Waals surface area contributed by atoms with Crippen LogP contribution in [0.2, 0.25) is 5.02 Å². The minimum absolute atomic E-state index is 0.0906. The molecule has 12 heteroatoms.